The second-order valence-electron chi connectivity index (χ2n) is 3.55. The third-order valence-electron chi connectivity index (χ3n) is 2.09. The molecule has 0 spiro atoms. The lowest BCUT2D eigenvalue weighted by Crippen LogP contribution is -2.16. The van der Waals surface area contributed by atoms with Crippen molar-refractivity contribution in [2.45, 2.75) is 6.92 Å². The van der Waals surface area contributed by atoms with Crippen molar-refractivity contribution in [1.82, 2.24) is 15.0 Å². The highest BCUT2D eigenvalue weighted by Gasteiger charge is 2.08. The highest BCUT2D eigenvalue weighted by atomic mass is 35.5. The number of rotatable bonds is 2. The number of carbonyl (C=O) groups excluding carboxylic acids is 1. The molecule has 1 amide bonds. The molecule has 6 nitrogen and oxygen atoms in total. The Morgan fingerprint density at radius 1 is 1.39 bits per heavy atom. The zero-order valence-electron chi connectivity index (χ0n) is 9.40. The number of pyridine rings is 1. The van der Waals surface area contributed by atoms with Gasteiger partial charge in [-0.1, -0.05) is 11.6 Å². The predicted octanol–water partition coefficient (Wildman–Crippen LogP) is 1.38. The van der Waals surface area contributed by atoms with E-state index in [1.807, 2.05) is 0 Å². The Labute approximate surface area is 107 Å². The van der Waals surface area contributed by atoms with Crippen molar-refractivity contribution in [3.8, 4) is 0 Å². The number of aryl methyl sites for hydroxylation is 1. The number of amides is 1. The summed E-state index contributed by atoms with van der Waals surface area (Å²) >= 11 is 5.75. The van der Waals surface area contributed by atoms with E-state index in [0.29, 0.717) is 11.3 Å². The van der Waals surface area contributed by atoms with Crippen molar-refractivity contribution in [3.63, 3.8) is 0 Å². The Balaban J connectivity index is 2.21. The molecule has 0 fully saturated rings. The SMILES string of the molecule is Cc1cc(Cl)nc(NC(=O)c2ccc(=O)[nH]c2)n1. The van der Waals surface area contributed by atoms with Crippen LogP contribution in [-0.4, -0.2) is 20.9 Å². The van der Waals surface area contributed by atoms with Crippen molar-refractivity contribution in [1.29, 1.82) is 0 Å². The van der Waals surface area contributed by atoms with Crippen LogP contribution in [0.15, 0.2) is 29.2 Å². The number of aromatic nitrogens is 3. The monoisotopic (exact) mass is 264 g/mol. The Kier molecular flexibility index (Phi) is 3.38. The van der Waals surface area contributed by atoms with Gasteiger partial charge < -0.3 is 4.98 Å². The molecule has 0 atom stereocenters. The van der Waals surface area contributed by atoms with Gasteiger partial charge in [-0.05, 0) is 19.1 Å². The summed E-state index contributed by atoms with van der Waals surface area (Å²) in [6, 6.07) is 4.25. The minimum Gasteiger partial charge on any atom is -0.328 e. The summed E-state index contributed by atoms with van der Waals surface area (Å²) in [5, 5.41) is 2.74. The average molecular weight is 265 g/mol. The maximum absolute atomic E-state index is 11.8. The second kappa shape index (κ2) is 4.97. The number of hydrogen-bond donors (Lipinski definition) is 2. The zero-order chi connectivity index (χ0) is 13.1. The van der Waals surface area contributed by atoms with Crippen LogP contribution in [0.5, 0.6) is 0 Å². The molecule has 2 N–H and O–H groups in total. The summed E-state index contributed by atoms with van der Waals surface area (Å²) in [7, 11) is 0. The summed E-state index contributed by atoms with van der Waals surface area (Å²) in [6.45, 7) is 1.74. The largest absolute Gasteiger partial charge is 0.328 e. The lowest BCUT2D eigenvalue weighted by molar-refractivity contribution is 0.102. The number of carbonyl (C=O) groups is 1. The quantitative estimate of drug-likeness (QED) is 0.802. The van der Waals surface area contributed by atoms with Crippen LogP contribution in [0, 0.1) is 6.92 Å². The first kappa shape index (κ1) is 12.3. The highest BCUT2D eigenvalue weighted by Crippen LogP contribution is 2.10. The van der Waals surface area contributed by atoms with E-state index < -0.39 is 5.91 Å². The summed E-state index contributed by atoms with van der Waals surface area (Å²) in [4.78, 5) is 32.9. The molecule has 0 bridgehead atoms. The minimum atomic E-state index is -0.423. The molecule has 18 heavy (non-hydrogen) atoms. The van der Waals surface area contributed by atoms with Gasteiger partial charge in [0, 0.05) is 18.0 Å². The van der Waals surface area contributed by atoms with E-state index in [1.165, 1.54) is 18.3 Å². The van der Waals surface area contributed by atoms with Gasteiger partial charge >= 0.3 is 0 Å². The zero-order valence-corrected chi connectivity index (χ0v) is 10.2. The maximum atomic E-state index is 11.8. The Morgan fingerprint density at radius 3 is 2.78 bits per heavy atom. The average Bonchev–Trinajstić information content (AvgIpc) is 2.28. The van der Waals surface area contributed by atoms with Gasteiger partial charge in [-0.3, -0.25) is 14.9 Å². The van der Waals surface area contributed by atoms with Crippen LogP contribution in [0.1, 0.15) is 16.1 Å². The van der Waals surface area contributed by atoms with Crippen molar-refractivity contribution < 1.29 is 4.79 Å². The lowest BCUT2D eigenvalue weighted by atomic mass is 10.3. The fraction of sp³-hybridized carbons (Fsp3) is 0.0909. The van der Waals surface area contributed by atoms with Crippen LogP contribution in [0.4, 0.5) is 5.95 Å². The fourth-order valence-corrected chi connectivity index (χ4v) is 1.55. The van der Waals surface area contributed by atoms with Crippen molar-refractivity contribution >= 4 is 23.5 Å². The molecule has 92 valence electrons. The van der Waals surface area contributed by atoms with Crippen LogP contribution in [0.25, 0.3) is 0 Å². The van der Waals surface area contributed by atoms with Gasteiger partial charge in [0.25, 0.3) is 5.91 Å². The van der Waals surface area contributed by atoms with E-state index >= 15 is 0 Å². The number of aromatic amines is 1. The smallest absolute Gasteiger partial charge is 0.259 e. The molecule has 2 aromatic heterocycles. The summed E-state index contributed by atoms with van der Waals surface area (Å²) < 4.78 is 0. The van der Waals surface area contributed by atoms with Crippen molar-refractivity contribution in [3.05, 3.63) is 51.2 Å². The third kappa shape index (κ3) is 2.92. The molecule has 2 heterocycles. The van der Waals surface area contributed by atoms with Crippen molar-refractivity contribution in [2.75, 3.05) is 5.32 Å². The normalized spacial score (nSPS) is 10.1. The Morgan fingerprint density at radius 2 is 2.17 bits per heavy atom. The maximum Gasteiger partial charge on any atom is 0.259 e. The molecular formula is C11H9ClN4O2. The van der Waals surface area contributed by atoms with E-state index in [0.717, 1.165) is 0 Å². The molecule has 7 heteroatoms. The third-order valence-corrected chi connectivity index (χ3v) is 2.29. The van der Waals surface area contributed by atoms with E-state index in [1.54, 1.807) is 13.0 Å². The number of hydrogen-bond acceptors (Lipinski definition) is 4. The van der Waals surface area contributed by atoms with E-state index in [-0.39, 0.29) is 16.7 Å². The molecule has 0 saturated carbocycles. The molecule has 0 aliphatic rings. The lowest BCUT2D eigenvalue weighted by Gasteiger charge is -2.04. The molecule has 0 radical (unpaired) electrons. The van der Waals surface area contributed by atoms with E-state index in [4.69, 9.17) is 11.6 Å². The predicted molar refractivity (Wildman–Crippen MR) is 66.8 cm³/mol. The van der Waals surface area contributed by atoms with Gasteiger partial charge in [-0.25, -0.2) is 9.97 Å². The molecule has 0 aromatic carbocycles. The number of halogens is 1. The number of nitrogens with zero attached hydrogens (tertiary/aromatic N) is 2. The molecule has 0 aliphatic heterocycles. The Bertz CT molecular complexity index is 613. The first-order valence-corrected chi connectivity index (χ1v) is 5.44. The second-order valence-corrected chi connectivity index (χ2v) is 3.94. The first-order valence-electron chi connectivity index (χ1n) is 5.06. The van der Waals surface area contributed by atoms with Gasteiger partial charge in [0.1, 0.15) is 5.15 Å². The summed E-state index contributed by atoms with van der Waals surface area (Å²) in [6.07, 6.45) is 1.31. The summed E-state index contributed by atoms with van der Waals surface area (Å²) in [5.41, 5.74) is 0.670. The van der Waals surface area contributed by atoms with Crippen LogP contribution in [-0.2, 0) is 0 Å². The number of anilines is 1. The minimum absolute atomic E-state index is 0.121. The van der Waals surface area contributed by atoms with Crippen LogP contribution >= 0.6 is 11.6 Å². The van der Waals surface area contributed by atoms with Crippen LogP contribution in [0.3, 0.4) is 0 Å². The van der Waals surface area contributed by atoms with E-state index in [2.05, 4.69) is 20.3 Å². The first-order chi connectivity index (χ1) is 8.54. The molecule has 2 aromatic rings. The van der Waals surface area contributed by atoms with Crippen molar-refractivity contribution in [2.24, 2.45) is 0 Å². The molecule has 0 aliphatic carbocycles. The summed E-state index contributed by atoms with van der Waals surface area (Å²) in [5.74, 6) is -0.302. The van der Waals surface area contributed by atoms with Gasteiger partial charge in [-0.15, -0.1) is 0 Å². The Hall–Kier alpha value is -2.21. The van der Waals surface area contributed by atoms with Crippen LogP contribution < -0.4 is 10.9 Å². The molecule has 0 unspecified atom stereocenters. The van der Waals surface area contributed by atoms with Gasteiger partial charge in [-0.2, -0.15) is 0 Å². The van der Waals surface area contributed by atoms with Gasteiger partial charge in [0.2, 0.25) is 11.5 Å². The number of H-pyrrole nitrogens is 1. The fourth-order valence-electron chi connectivity index (χ4n) is 1.31. The number of nitrogens with one attached hydrogen (secondary N) is 2. The molecular weight excluding hydrogens is 256 g/mol. The topological polar surface area (TPSA) is 87.7 Å². The standard InChI is InChI=1S/C11H9ClN4O2/c1-6-4-8(12)15-11(14-6)16-10(18)7-2-3-9(17)13-5-7/h2-5H,1H3,(H,13,17)(H,14,15,16,18). The van der Waals surface area contributed by atoms with E-state index in [9.17, 15) is 9.59 Å². The van der Waals surface area contributed by atoms with Gasteiger partial charge in [0.15, 0.2) is 0 Å². The van der Waals surface area contributed by atoms with Crippen LogP contribution in [0.2, 0.25) is 5.15 Å². The highest BCUT2D eigenvalue weighted by molar-refractivity contribution is 6.29. The van der Waals surface area contributed by atoms with Gasteiger partial charge in [0.05, 0.1) is 5.56 Å². The molecule has 2 rings (SSSR count). The molecule has 0 saturated heterocycles.